The van der Waals surface area contributed by atoms with Gasteiger partial charge in [0.25, 0.3) is 0 Å². The standard InChI is InChI=1S/C11H20ClN5/c1-4-7-13-10-14-9(12)15-11(16-10)17(6-3)8-5-2/h4-8H2,1-3H3,(H,13,14,15,16). The molecular formula is C11H20ClN5. The first-order valence-electron chi connectivity index (χ1n) is 6.11. The number of halogens is 1. The fourth-order valence-corrected chi connectivity index (χ4v) is 1.62. The minimum Gasteiger partial charge on any atom is -0.354 e. The van der Waals surface area contributed by atoms with Crippen molar-refractivity contribution >= 4 is 23.5 Å². The minimum atomic E-state index is 0.239. The van der Waals surface area contributed by atoms with Crippen LogP contribution in [-0.4, -0.2) is 34.6 Å². The van der Waals surface area contributed by atoms with Gasteiger partial charge in [0.1, 0.15) is 0 Å². The van der Waals surface area contributed by atoms with E-state index in [0.717, 1.165) is 32.5 Å². The van der Waals surface area contributed by atoms with Gasteiger partial charge in [0, 0.05) is 19.6 Å². The largest absolute Gasteiger partial charge is 0.354 e. The maximum atomic E-state index is 5.90. The van der Waals surface area contributed by atoms with E-state index in [4.69, 9.17) is 11.6 Å². The number of nitrogens with zero attached hydrogens (tertiary/aromatic N) is 4. The average Bonchev–Trinajstić information content (AvgIpc) is 2.32. The Balaban J connectivity index is 2.86. The molecule has 0 radical (unpaired) electrons. The predicted molar refractivity (Wildman–Crippen MR) is 71.8 cm³/mol. The Morgan fingerprint density at radius 1 is 1.12 bits per heavy atom. The fraction of sp³-hybridized carbons (Fsp3) is 0.727. The monoisotopic (exact) mass is 257 g/mol. The summed E-state index contributed by atoms with van der Waals surface area (Å²) in [6.07, 6.45) is 2.07. The summed E-state index contributed by atoms with van der Waals surface area (Å²) in [6, 6.07) is 0. The summed E-state index contributed by atoms with van der Waals surface area (Å²) in [7, 11) is 0. The van der Waals surface area contributed by atoms with Crippen molar-refractivity contribution in [1.82, 2.24) is 15.0 Å². The van der Waals surface area contributed by atoms with Crippen molar-refractivity contribution in [2.24, 2.45) is 0 Å². The van der Waals surface area contributed by atoms with Gasteiger partial charge in [-0.15, -0.1) is 0 Å². The van der Waals surface area contributed by atoms with Gasteiger partial charge in [0.15, 0.2) is 0 Å². The first-order chi connectivity index (χ1) is 8.21. The highest BCUT2D eigenvalue weighted by Gasteiger charge is 2.10. The second-order valence-corrected chi connectivity index (χ2v) is 4.07. The molecule has 0 saturated carbocycles. The van der Waals surface area contributed by atoms with Crippen LogP contribution in [0.25, 0.3) is 0 Å². The van der Waals surface area contributed by atoms with Crippen molar-refractivity contribution in [2.45, 2.75) is 33.6 Å². The van der Waals surface area contributed by atoms with Crippen molar-refractivity contribution in [2.75, 3.05) is 29.9 Å². The first kappa shape index (κ1) is 14.0. The second kappa shape index (κ2) is 7.27. The number of nitrogens with one attached hydrogen (secondary N) is 1. The number of rotatable bonds is 7. The molecule has 96 valence electrons. The summed E-state index contributed by atoms with van der Waals surface area (Å²) >= 11 is 5.90. The van der Waals surface area contributed by atoms with Crippen molar-refractivity contribution in [3.05, 3.63) is 5.28 Å². The summed E-state index contributed by atoms with van der Waals surface area (Å²) in [6.45, 7) is 8.91. The van der Waals surface area contributed by atoms with Crippen LogP contribution in [0.4, 0.5) is 11.9 Å². The van der Waals surface area contributed by atoms with Gasteiger partial charge in [-0.1, -0.05) is 13.8 Å². The van der Waals surface area contributed by atoms with Gasteiger partial charge < -0.3 is 10.2 Å². The lowest BCUT2D eigenvalue weighted by Crippen LogP contribution is -2.26. The predicted octanol–water partition coefficient (Wildman–Crippen LogP) is 2.58. The second-order valence-electron chi connectivity index (χ2n) is 3.73. The molecule has 0 saturated heterocycles. The maximum Gasteiger partial charge on any atom is 0.231 e. The summed E-state index contributed by atoms with van der Waals surface area (Å²) in [5.74, 6) is 1.20. The molecule has 0 aliphatic carbocycles. The van der Waals surface area contributed by atoms with Crippen LogP contribution in [0.5, 0.6) is 0 Å². The third-order valence-electron chi connectivity index (χ3n) is 2.29. The molecule has 0 atom stereocenters. The van der Waals surface area contributed by atoms with Crippen LogP contribution in [0.3, 0.4) is 0 Å². The van der Waals surface area contributed by atoms with E-state index in [1.807, 2.05) is 0 Å². The van der Waals surface area contributed by atoms with Crippen LogP contribution < -0.4 is 10.2 Å². The van der Waals surface area contributed by atoms with E-state index in [1.54, 1.807) is 0 Å². The van der Waals surface area contributed by atoms with E-state index >= 15 is 0 Å². The molecule has 1 heterocycles. The molecule has 0 spiro atoms. The van der Waals surface area contributed by atoms with E-state index in [-0.39, 0.29) is 5.28 Å². The van der Waals surface area contributed by atoms with E-state index in [0.29, 0.717) is 11.9 Å². The van der Waals surface area contributed by atoms with E-state index in [2.05, 4.69) is 45.9 Å². The van der Waals surface area contributed by atoms with Crippen LogP contribution >= 0.6 is 11.6 Å². The molecule has 0 unspecified atom stereocenters. The average molecular weight is 258 g/mol. The lowest BCUT2D eigenvalue weighted by Gasteiger charge is -2.20. The topological polar surface area (TPSA) is 53.9 Å². The summed E-state index contributed by atoms with van der Waals surface area (Å²) in [4.78, 5) is 14.7. The Kier molecular flexibility index (Phi) is 5.97. The molecule has 0 aromatic carbocycles. The summed E-state index contributed by atoms with van der Waals surface area (Å²) in [5.41, 5.74) is 0. The van der Waals surface area contributed by atoms with Crippen LogP contribution in [0.2, 0.25) is 5.28 Å². The quantitative estimate of drug-likeness (QED) is 0.814. The summed E-state index contributed by atoms with van der Waals surface area (Å²) in [5, 5.41) is 3.36. The van der Waals surface area contributed by atoms with Crippen molar-refractivity contribution < 1.29 is 0 Å². The number of aromatic nitrogens is 3. The minimum absolute atomic E-state index is 0.239. The van der Waals surface area contributed by atoms with Crippen LogP contribution in [-0.2, 0) is 0 Å². The Bertz CT molecular complexity index is 345. The van der Waals surface area contributed by atoms with E-state index in [1.165, 1.54) is 0 Å². The Morgan fingerprint density at radius 2 is 1.88 bits per heavy atom. The Hall–Kier alpha value is -1.10. The molecule has 0 aliphatic rings. The molecule has 6 heteroatoms. The highest BCUT2D eigenvalue weighted by Crippen LogP contribution is 2.13. The number of hydrogen-bond acceptors (Lipinski definition) is 5. The fourth-order valence-electron chi connectivity index (χ4n) is 1.47. The molecule has 1 aromatic heterocycles. The Morgan fingerprint density at radius 3 is 2.47 bits per heavy atom. The molecule has 1 N–H and O–H groups in total. The number of anilines is 2. The van der Waals surface area contributed by atoms with Gasteiger partial charge in [-0.25, -0.2) is 0 Å². The Labute approximate surface area is 108 Å². The third kappa shape index (κ3) is 4.34. The van der Waals surface area contributed by atoms with Crippen LogP contribution in [0.1, 0.15) is 33.6 Å². The maximum absolute atomic E-state index is 5.90. The van der Waals surface area contributed by atoms with Crippen molar-refractivity contribution in [1.29, 1.82) is 0 Å². The zero-order chi connectivity index (χ0) is 12.7. The number of hydrogen-bond donors (Lipinski definition) is 1. The molecule has 0 aliphatic heterocycles. The van der Waals surface area contributed by atoms with E-state index in [9.17, 15) is 0 Å². The van der Waals surface area contributed by atoms with Gasteiger partial charge in [0.05, 0.1) is 0 Å². The molecule has 17 heavy (non-hydrogen) atoms. The first-order valence-corrected chi connectivity index (χ1v) is 6.49. The lowest BCUT2D eigenvalue weighted by molar-refractivity contribution is 0.756. The zero-order valence-electron chi connectivity index (χ0n) is 10.7. The van der Waals surface area contributed by atoms with Gasteiger partial charge in [-0.2, -0.15) is 15.0 Å². The molecular weight excluding hydrogens is 238 g/mol. The van der Waals surface area contributed by atoms with Gasteiger partial charge in [-0.05, 0) is 31.4 Å². The molecule has 0 fully saturated rings. The zero-order valence-corrected chi connectivity index (χ0v) is 11.5. The molecule has 1 rings (SSSR count). The SMILES string of the molecule is CCCNc1nc(Cl)nc(N(CC)CCC)n1. The molecule has 5 nitrogen and oxygen atoms in total. The van der Waals surface area contributed by atoms with Crippen LogP contribution in [0.15, 0.2) is 0 Å². The van der Waals surface area contributed by atoms with Gasteiger partial charge in [-0.3, -0.25) is 0 Å². The summed E-state index contributed by atoms with van der Waals surface area (Å²) < 4.78 is 0. The highest BCUT2D eigenvalue weighted by atomic mass is 35.5. The smallest absolute Gasteiger partial charge is 0.231 e. The lowest BCUT2D eigenvalue weighted by atomic mass is 10.4. The molecule has 0 amide bonds. The van der Waals surface area contributed by atoms with Gasteiger partial charge >= 0.3 is 0 Å². The molecule has 0 bridgehead atoms. The van der Waals surface area contributed by atoms with Crippen LogP contribution in [0, 0.1) is 0 Å². The normalized spacial score (nSPS) is 10.4. The highest BCUT2D eigenvalue weighted by molar-refractivity contribution is 6.28. The third-order valence-corrected chi connectivity index (χ3v) is 2.46. The van der Waals surface area contributed by atoms with Gasteiger partial charge in [0.2, 0.25) is 17.2 Å². The van der Waals surface area contributed by atoms with Crippen molar-refractivity contribution in [3.63, 3.8) is 0 Å². The van der Waals surface area contributed by atoms with Crippen molar-refractivity contribution in [3.8, 4) is 0 Å². The molecule has 1 aromatic rings. The van der Waals surface area contributed by atoms with E-state index < -0.39 is 0 Å².